The number of halogens is 2. The molecule has 1 N–H and O–H groups in total. The summed E-state index contributed by atoms with van der Waals surface area (Å²) in [4.78, 5) is 11.9. The second kappa shape index (κ2) is 6.35. The van der Waals surface area contributed by atoms with Gasteiger partial charge in [0.15, 0.2) is 6.10 Å². The van der Waals surface area contributed by atoms with Gasteiger partial charge in [-0.3, -0.25) is 4.79 Å². The Hall–Kier alpha value is -2.43. The molecule has 2 aromatic carbocycles. The van der Waals surface area contributed by atoms with E-state index >= 15 is 0 Å². The summed E-state index contributed by atoms with van der Waals surface area (Å²) in [7, 11) is 0. The maximum absolute atomic E-state index is 13.4. The Balaban J connectivity index is 2.04. The van der Waals surface area contributed by atoms with Crippen LogP contribution in [0.3, 0.4) is 0 Å². The molecule has 2 aromatic rings. The van der Waals surface area contributed by atoms with Gasteiger partial charge in [0.2, 0.25) is 0 Å². The molecule has 1 amide bonds. The lowest BCUT2D eigenvalue weighted by Gasteiger charge is -2.15. The number of nitrogens with one attached hydrogen (secondary N) is 1. The molecule has 0 spiro atoms. The summed E-state index contributed by atoms with van der Waals surface area (Å²) in [5.74, 6) is -1.77. The van der Waals surface area contributed by atoms with Crippen LogP contribution in [0.2, 0.25) is 0 Å². The highest BCUT2D eigenvalue weighted by atomic mass is 19.1. The van der Waals surface area contributed by atoms with Crippen LogP contribution in [-0.4, -0.2) is 12.0 Å². The number of carbonyl (C=O) groups is 1. The van der Waals surface area contributed by atoms with Gasteiger partial charge < -0.3 is 10.1 Å². The molecule has 0 aliphatic rings. The van der Waals surface area contributed by atoms with E-state index in [0.717, 1.165) is 17.7 Å². The van der Waals surface area contributed by atoms with E-state index < -0.39 is 29.3 Å². The van der Waals surface area contributed by atoms with Crippen LogP contribution in [0.15, 0.2) is 42.5 Å². The summed E-state index contributed by atoms with van der Waals surface area (Å²) >= 11 is 0. The van der Waals surface area contributed by atoms with Crippen molar-refractivity contribution in [3.05, 3.63) is 59.7 Å². The van der Waals surface area contributed by atoms with Crippen LogP contribution in [0.1, 0.15) is 12.5 Å². The number of aryl methyl sites for hydroxylation is 1. The average Bonchev–Trinajstić information content (AvgIpc) is 2.45. The van der Waals surface area contributed by atoms with Gasteiger partial charge in [-0.2, -0.15) is 0 Å². The highest BCUT2D eigenvalue weighted by Gasteiger charge is 2.18. The third-order valence-corrected chi connectivity index (χ3v) is 2.91. The summed E-state index contributed by atoms with van der Waals surface area (Å²) in [6, 6.07) is 10.5. The lowest BCUT2D eigenvalue weighted by Crippen LogP contribution is -2.30. The van der Waals surface area contributed by atoms with Gasteiger partial charge in [-0.25, -0.2) is 8.78 Å². The van der Waals surface area contributed by atoms with Crippen molar-refractivity contribution in [2.45, 2.75) is 20.0 Å². The molecule has 0 radical (unpaired) electrons. The van der Waals surface area contributed by atoms with Crippen LogP contribution in [0.5, 0.6) is 5.75 Å². The van der Waals surface area contributed by atoms with Crippen molar-refractivity contribution in [3.8, 4) is 5.75 Å². The van der Waals surface area contributed by atoms with Gasteiger partial charge in [-0.15, -0.1) is 0 Å². The molecule has 1 unspecified atom stereocenters. The van der Waals surface area contributed by atoms with Crippen molar-refractivity contribution in [2.24, 2.45) is 0 Å². The smallest absolute Gasteiger partial charge is 0.265 e. The molecule has 0 aliphatic heterocycles. The summed E-state index contributed by atoms with van der Waals surface area (Å²) in [6.07, 6.45) is -0.883. The molecule has 110 valence electrons. The molecule has 0 saturated heterocycles. The number of carbonyl (C=O) groups excluding carboxylic acids is 1. The van der Waals surface area contributed by atoms with Gasteiger partial charge >= 0.3 is 0 Å². The summed E-state index contributed by atoms with van der Waals surface area (Å²) in [5, 5.41) is 2.20. The van der Waals surface area contributed by atoms with Gasteiger partial charge in [0.05, 0.1) is 0 Å². The van der Waals surface area contributed by atoms with E-state index in [1.165, 1.54) is 13.0 Å². The molecule has 0 aliphatic carbocycles. The van der Waals surface area contributed by atoms with E-state index in [4.69, 9.17) is 4.74 Å². The van der Waals surface area contributed by atoms with Crippen molar-refractivity contribution in [3.63, 3.8) is 0 Å². The topological polar surface area (TPSA) is 38.3 Å². The van der Waals surface area contributed by atoms with Crippen LogP contribution in [0, 0.1) is 18.6 Å². The van der Waals surface area contributed by atoms with E-state index in [2.05, 4.69) is 5.32 Å². The quantitative estimate of drug-likeness (QED) is 0.933. The zero-order chi connectivity index (χ0) is 15.4. The fourth-order valence-electron chi connectivity index (χ4n) is 1.72. The van der Waals surface area contributed by atoms with Gasteiger partial charge in [0.1, 0.15) is 23.1 Å². The van der Waals surface area contributed by atoms with Crippen molar-refractivity contribution in [2.75, 3.05) is 5.32 Å². The van der Waals surface area contributed by atoms with Crippen LogP contribution >= 0.6 is 0 Å². The number of amides is 1. The van der Waals surface area contributed by atoms with Crippen molar-refractivity contribution in [1.82, 2.24) is 0 Å². The molecule has 0 fully saturated rings. The van der Waals surface area contributed by atoms with E-state index in [-0.39, 0.29) is 0 Å². The van der Waals surface area contributed by atoms with Gasteiger partial charge in [0.25, 0.3) is 5.91 Å². The minimum Gasteiger partial charge on any atom is -0.481 e. The van der Waals surface area contributed by atoms with Crippen LogP contribution in [0.4, 0.5) is 14.5 Å². The molecule has 0 heterocycles. The first-order valence-electron chi connectivity index (χ1n) is 6.45. The van der Waals surface area contributed by atoms with E-state index in [9.17, 15) is 13.6 Å². The van der Waals surface area contributed by atoms with Gasteiger partial charge in [0, 0.05) is 0 Å². The first-order chi connectivity index (χ1) is 9.97. The minimum absolute atomic E-state index is 0.471. The highest BCUT2D eigenvalue weighted by Crippen LogP contribution is 2.19. The maximum Gasteiger partial charge on any atom is 0.265 e. The molecular formula is C16H15F2NO2. The van der Waals surface area contributed by atoms with E-state index in [0.29, 0.717) is 5.75 Å². The monoisotopic (exact) mass is 291 g/mol. The Labute approximate surface area is 121 Å². The molecule has 0 saturated carbocycles. The molecule has 0 aromatic heterocycles. The Morgan fingerprint density at radius 1 is 1.10 bits per heavy atom. The van der Waals surface area contributed by atoms with E-state index in [1.54, 1.807) is 12.1 Å². The second-order valence-corrected chi connectivity index (χ2v) is 4.66. The SMILES string of the molecule is Cc1ccc(OC(C)C(=O)Nc2c(F)cccc2F)cc1. The Bertz CT molecular complexity index is 621. The van der Waals surface area contributed by atoms with Gasteiger partial charge in [-0.1, -0.05) is 23.8 Å². The first kappa shape index (κ1) is 15.0. The average molecular weight is 291 g/mol. The molecule has 2 rings (SSSR count). The fraction of sp³-hybridized carbons (Fsp3) is 0.188. The molecule has 21 heavy (non-hydrogen) atoms. The number of benzene rings is 2. The highest BCUT2D eigenvalue weighted by molar-refractivity contribution is 5.94. The first-order valence-corrected chi connectivity index (χ1v) is 6.45. The normalized spacial score (nSPS) is 11.8. The Morgan fingerprint density at radius 3 is 2.24 bits per heavy atom. The minimum atomic E-state index is -0.883. The van der Waals surface area contributed by atoms with Crippen molar-refractivity contribution < 1.29 is 18.3 Å². The standard InChI is InChI=1S/C16H15F2NO2/c1-10-6-8-12(9-7-10)21-11(2)16(20)19-15-13(17)4-3-5-14(15)18/h3-9,11H,1-2H3,(H,19,20). The predicted molar refractivity (Wildman–Crippen MR) is 76.3 cm³/mol. The van der Waals surface area contributed by atoms with Crippen molar-refractivity contribution >= 4 is 11.6 Å². The summed E-state index contributed by atoms with van der Waals surface area (Å²) in [6.45, 7) is 3.44. The zero-order valence-corrected chi connectivity index (χ0v) is 11.7. The largest absolute Gasteiger partial charge is 0.481 e. The van der Waals surface area contributed by atoms with Crippen molar-refractivity contribution in [1.29, 1.82) is 0 Å². The zero-order valence-electron chi connectivity index (χ0n) is 11.7. The molecule has 3 nitrogen and oxygen atoms in total. The lowest BCUT2D eigenvalue weighted by molar-refractivity contribution is -0.122. The predicted octanol–water partition coefficient (Wildman–Crippen LogP) is 3.68. The number of anilines is 1. The van der Waals surface area contributed by atoms with Gasteiger partial charge in [-0.05, 0) is 38.1 Å². The number of rotatable bonds is 4. The molecule has 5 heteroatoms. The van der Waals surface area contributed by atoms with Crippen LogP contribution < -0.4 is 10.1 Å². The third-order valence-electron chi connectivity index (χ3n) is 2.91. The fourth-order valence-corrected chi connectivity index (χ4v) is 1.72. The number of para-hydroxylation sites is 1. The summed E-state index contributed by atoms with van der Waals surface area (Å²) in [5.41, 5.74) is 0.592. The summed E-state index contributed by atoms with van der Waals surface area (Å²) < 4.78 is 32.3. The molecular weight excluding hydrogens is 276 g/mol. The van der Waals surface area contributed by atoms with Crippen LogP contribution in [-0.2, 0) is 4.79 Å². The number of hydrogen-bond donors (Lipinski definition) is 1. The lowest BCUT2D eigenvalue weighted by atomic mass is 10.2. The Morgan fingerprint density at radius 2 is 1.67 bits per heavy atom. The molecule has 1 atom stereocenters. The molecule has 0 bridgehead atoms. The van der Waals surface area contributed by atoms with Crippen LogP contribution in [0.25, 0.3) is 0 Å². The number of ether oxygens (including phenoxy) is 1. The third kappa shape index (κ3) is 3.78. The van der Waals surface area contributed by atoms with E-state index in [1.807, 2.05) is 19.1 Å². The second-order valence-electron chi connectivity index (χ2n) is 4.66. The number of hydrogen-bond acceptors (Lipinski definition) is 2. The Kier molecular flexibility index (Phi) is 4.52. The maximum atomic E-state index is 13.4.